The van der Waals surface area contributed by atoms with Gasteiger partial charge in [0, 0.05) is 0 Å². The van der Waals surface area contributed by atoms with Gasteiger partial charge in [0.15, 0.2) is 0 Å². The molecule has 0 amide bonds. The third-order valence-electron chi connectivity index (χ3n) is 5.38. The van der Waals surface area contributed by atoms with Gasteiger partial charge in [0.25, 0.3) is 0 Å². The van der Waals surface area contributed by atoms with Gasteiger partial charge in [0.05, 0.1) is 6.17 Å². The second kappa shape index (κ2) is 8.17. The summed E-state index contributed by atoms with van der Waals surface area (Å²) < 4.78 is 29.1. The number of hydrogen-bond acceptors (Lipinski definition) is 3. The molecule has 0 spiro atoms. The average Bonchev–Trinajstić information content (AvgIpc) is 3.07. The minimum atomic E-state index is -3.36. The molecule has 1 saturated heterocycles. The first-order chi connectivity index (χ1) is 11.0. The molecule has 1 N–H and O–H groups in total. The monoisotopic (exact) mass is 372 g/mol. The van der Waals surface area contributed by atoms with Crippen molar-refractivity contribution < 1.29 is 8.42 Å². The van der Waals surface area contributed by atoms with E-state index in [0.717, 1.165) is 31.5 Å². The lowest BCUT2D eigenvalue weighted by atomic mass is 9.84. The first-order valence-corrected chi connectivity index (χ1v) is 10.4. The maximum Gasteiger partial charge on any atom is 0.220 e. The van der Waals surface area contributed by atoms with Crippen LogP contribution >= 0.6 is 12.4 Å². The third kappa shape index (κ3) is 3.96. The van der Waals surface area contributed by atoms with Crippen LogP contribution in [-0.2, 0) is 10.0 Å². The Bertz CT molecular complexity index is 644. The van der Waals surface area contributed by atoms with Crippen LogP contribution in [0.25, 0.3) is 0 Å². The van der Waals surface area contributed by atoms with Gasteiger partial charge in [-0.15, -0.1) is 12.4 Å². The molecule has 1 fully saturated rings. The third-order valence-corrected chi connectivity index (χ3v) is 7.22. The zero-order chi connectivity index (χ0) is 16.4. The molecule has 4 nitrogen and oxygen atoms in total. The van der Waals surface area contributed by atoms with Crippen molar-refractivity contribution in [2.75, 3.05) is 13.1 Å². The summed E-state index contributed by atoms with van der Waals surface area (Å²) in [6.07, 6.45) is 4.73. The van der Waals surface area contributed by atoms with Crippen LogP contribution in [0.3, 0.4) is 0 Å². The number of rotatable bonds is 5. The number of halogens is 1. The molecular weight excluding hydrogens is 344 g/mol. The fourth-order valence-corrected chi connectivity index (χ4v) is 5.88. The fourth-order valence-electron chi connectivity index (χ4n) is 4.03. The Morgan fingerprint density at radius 1 is 1.17 bits per heavy atom. The Labute approximate surface area is 152 Å². The predicted octanol–water partition coefficient (Wildman–Crippen LogP) is 3.80. The van der Waals surface area contributed by atoms with E-state index in [1.165, 1.54) is 18.4 Å². The van der Waals surface area contributed by atoms with E-state index in [-0.39, 0.29) is 18.6 Å². The fraction of sp³-hybridized carbons (Fsp3) is 0.667. The molecule has 1 heterocycles. The highest BCUT2D eigenvalue weighted by atomic mass is 35.5. The summed E-state index contributed by atoms with van der Waals surface area (Å²) in [6.45, 7) is 6.25. The van der Waals surface area contributed by atoms with Crippen LogP contribution in [0.2, 0.25) is 0 Å². The van der Waals surface area contributed by atoms with E-state index in [1.54, 1.807) is 0 Å². The lowest BCUT2D eigenvalue weighted by Gasteiger charge is -2.33. The van der Waals surface area contributed by atoms with E-state index >= 15 is 0 Å². The molecular formula is C18H29ClN2O2S. The molecule has 1 aliphatic carbocycles. The van der Waals surface area contributed by atoms with Gasteiger partial charge in [0.1, 0.15) is 5.25 Å². The van der Waals surface area contributed by atoms with Crippen molar-refractivity contribution in [3.63, 3.8) is 0 Å². The zero-order valence-corrected chi connectivity index (χ0v) is 16.2. The van der Waals surface area contributed by atoms with E-state index in [0.29, 0.717) is 12.3 Å². The summed E-state index contributed by atoms with van der Waals surface area (Å²) >= 11 is 0. The van der Waals surface area contributed by atoms with Crippen LogP contribution < -0.4 is 4.72 Å². The molecule has 136 valence electrons. The molecule has 1 aromatic carbocycles. The van der Waals surface area contributed by atoms with E-state index in [9.17, 15) is 8.42 Å². The molecule has 1 aromatic rings. The molecule has 3 unspecified atom stereocenters. The molecule has 0 radical (unpaired) electrons. The number of nitrogens with one attached hydrogen (secondary N) is 1. The molecule has 2 aliphatic rings. The van der Waals surface area contributed by atoms with Gasteiger partial charge in [-0.05, 0) is 62.2 Å². The van der Waals surface area contributed by atoms with Crippen molar-refractivity contribution in [3.8, 4) is 0 Å². The van der Waals surface area contributed by atoms with Crippen molar-refractivity contribution in [1.29, 1.82) is 0 Å². The van der Waals surface area contributed by atoms with Gasteiger partial charge < -0.3 is 0 Å². The van der Waals surface area contributed by atoms with Crippen molar-refractivity contribution in [3.05, 3.63) is 35.4 Å². The van der Waals surface area contributed by atoms with E-state index in [4.69, 9.17) is 0 Å². The molecule has 0 bridgehead atoms. The molecule has 3 rings (SSSR count). The largest absolute Gasteiger partial charge is 0.287 e. The minimum absolute atomic E-state index is 0. The zero-order valence-electron chi connectivity index (χ0n) is 14.6. The maximum absolute atomic E-state index is 13.0. The van der Waals surface area contributed by atoms with Gasteiger partial charge in [-0.1, -0.05) is 38.1 Å². The quantitative estimate of drug-likeness (QED) is 0.855. The van der Waals surface area contributed by atoms with Crippen LogP contribution in [0.1, 0.15) is 68.2 Å². The summed E-state index contributed by atoms with van der Waals surface area (Å²) in [5.41, 5.74) is 2.19. The molecule has 0 aromatic heterocycles. The second-order valence-corrected chi connectivity index (χ2v) is 8.82. The van der Waals surface area contributed by atoms with Crippen LogP contribution in [0, 0.1) is 0 Å². The van der Waals surface area contributed by atoms with Gasteiger partial charge >= 0.3 is 0 Å². The van der Waals surface area contributed by atoms with Gasteiger partial charge in [-0.25, -0.2) is 8.42 Å². The smallest absolute Gasteiger partial charge is 0.220 e. The van der Waals surface area contributed by atoms with E-state index < -0.39 is 15.3 Å². The lowest BCUT2D eigenvalue weighted by molar-refractivity contribution is 0.223. The second-order valence-electron chi connectivity index (χ2n) is 6.93. The molecule has 3 atom stereocenters. The van der Waals surface area contributed by atoms with E-state index in [1.807, 2.05) is 18.2 Å². The number of likely N-dealkylation sites (tertiary alicyclic amines) is 1. The van der Waals surface area contributed by atoms with Gasteiger partial charge in [-0.3, -0.25) is 4.90 Å². The molecule has 24 heavy (non-hydrogen) atoms. The highest BCUT2D eigenvalue weighted by Crippen LogP contribution is 2.41. The van der Waals surface area contributed by atoms with Crippen LogP contribution in [-0.4, -0.2) is 32.6 Å². The topological polar surface area (TPSA) is 49.4 Å². The molecule has 0 saturated carbocycles. The first-order valence-electron chi connectivity index (χ1n) is 8.87. The maximum atomic E-state index is 13.0. The number of sulfonamides is 1. The number of hydrogen-bond donors (Lipinski definition) is 1. The van der Waals surface area contributed by atoms with Crippen LogP contribution in [0.15, 0.2) is 24.3 Å². The predicted molar refractivity (Wildman–Crippen MR) is 101 cm³/mol. The summed E-state index contributed by atoms with van der Waals surface area (Å²) in [6, 6.07) is 8.04. The number of benzene rings is 1. The Hall–Kier alpha value is -0.620. The molecule has 6 heteroatoms. The van der Waals surface area contributed by atoms with Crippen molar-refractivity contribution in [1.82, 2.24) is 9.62 Å². The lowest BCUT2D eigenvalue weighted by Crippen LogP contribution is -2.48. The van der Waals surface area contributed by atoms with Crippen LogP contribution in [0.4, 0.5) is 0 Å². The van der Waals surface area contributed by atoms with Gasteiger partial charge in [-0.2, -0.15) is 4.72 Å². The highest BCUT2D eigenvalue weighted by molar-refractivity contribution is 7.89. The van der Waals surface area contributed by atoms with E-state index in [2.05, 4.69) is 29.5 Å². The van der Waals surface area contributed by atoms with Gasteiger partial charge in [0.2, 0.25) is 10.0 Å². The van der Waals surface area contributed by atoms with Crippen LogP contribution in [0.5, 0.6) is 0 Å². The normalized spacial score (nSPS) is 25.8. The summed E-state index contributed by atoms with van der Waals surface area (Å²) in [5.74, 6) is 0.443. The Kier molecular flexibility index (Phi) is 6.71. The summed E-state index contributed by atoms with van der Waals surface area (Å²) in [4.78, 5) is 2.27. The number of nitrogens with zero attached hydrogens (tertiary/aromatic N) is 1. The standard InChI is InChI=1S/C18H28N2O2S.ClH/c1-3-18(20-12-6-7-13-20)19-23(21,22)17-11-10-14(2)15-8-4-5-9-16(15)17;/h4-5,8-9,14,17-19H,3,6-7,10-13H2,1-2H3;1H. The Morgan fingerprint density at radius 2 is 1.79 bits per heavy atom. The molecule has 1 aliphatic heterocycles. The number of fused-ring (bicyclic) bond motifs is 1. The average molecular weight is 373 g/mol. The van der Waals surface area contributed by atoms with Crippen molar-refractivity contribution in [2.45, 2.75) is 63.3 Å². The van der Waals surface area contributed by atoms with Crippen molar-refractivity contribution >= 4 is 22.4 Å². The summed E-state index contributed by atoms with van der Waals surface area (Å²) in [7, 11) is -3.36. The Balaban J connectivity index is 0.00000208. The summed E-state index contributed by atoms with van der Waals surface area (Å²) in [5, 5.41) is -0.411. The Morgan fingerprint density at radius 3 is 2.42 bits per heavy atom. The van der Waals surface area contributed by atoms with Crippen molar-refractivity contribution in [2.24, 2.45) is 0 Å². The highest BCUT2D eigenvalue weighted by Gasteiger charge is 2.36. The SMILES string of the molecule is CCC(NS(=O)(=O)C1CCC(C)c2ccccc21)N1CCCC1.Cl. The minimum Gasteiger partial charge on any atom is -0.287 e. The first kappa shape index (κ1) is 19.7.